The molecule has 5 nitrogen and oxygen atoms in total. The highest BCUT2D eigenvalue weighted by Crippen LogP contribution is 2.28. The maximum absolute atomic E-state index is 12.6. The minimum atomic E-state index is -3.52. The highest BCUT2D eigenvalue weighted by molar-refractivity contribution is 7.99. The summed E-state index contributed by atoms with van der Waals surface area (Å²) in [5, 5.41) is 0. The van der Waals surface area contributed by atoms with Gasteiger partial charge in [0, 0.05) is 43.2 Å². The summed E-state index contributed by atoms with van der Waals surface area (Å²) in [6, 6.07) is 11.4. The van der Waals surface area contributed by atoms with E-state index in [0.29, 0.717) is 42.7 Å². The van der Waals surface area contributed by atoms with Gasteiger partial charge in [-0.15, -0.1) is 23.1 Å². The highest BCUT2D eigenvalue weighted by atomic mass is 35.5. The molecule has 1 aliphatic heterocycles. The van der Waals surface area contributed by atoms with Gasteiger partial charge in [-0.2, -0.15) is 4.31 Å². The van der Waals surface area contributed by atoms with Crippen molar-refractivity contribution in [1.29, 1.82) is 0 Å². The molecule has 0 radical (unpaired) electrons. The number of aryl methyl sites for hydroxylation is 1. The normalized spacial score (nSPS) is 15.9. The molecule has 0 atom stereocenters. The lowest BCUT2D eigenvalue weighted by atomic mass is 10.2. The fourth-order valence-electron chi connectivity index (χ4n) is 2.79. The number of hydrogen-bond donors (Lipinski definition) is 0. The second kappa shape index (κ2) is 8.96. The van der Waals surface area contributed by atoms with E-state index in [1.807, 2.05) is 6.92 Å². The Bertz CT molecular complexity index is 889. The van der Waals surface area contributed by atoms with Crippen molar-refractivity contribution in [3.05, 3.63) is 46.3 Å². The van der Waals surface area contributed by atoms with Crippen molar-refractivity contribution in [1.82, 2.24) is 9.21 Å². The molecule has 1 amide bonds. The number of hydrogen-bond acceptors (Lipinski definition) is 5. The predicted octanol–water partition coefficient (Wildman–Crippen LogP) is 3.73. The van der Waals surface area contributed by atoms with E-state index in [9.17, 15) is 13.2 Å². The van der Waals surface area contributed by atoms with Gasteiger partial charge in [0.15, 0.2) is 0 Å². The van der Waals surface area contributed by atoms with E-state index in [1.165, 1.54) is 15.9 Å². The van der Waals surface area contributed by atoms with Gasteiger partial charge in [-0.25, -0.2) is 8.42 Å². The van der Waals surface area contributed by atoms with Crippen LogP contribution in [0.1, 0.15) is 12.0 Å². The third-order valence-electron chi connectivity index (χ3n) is 4.34. The lowest BCUT2D eigenvalue weighted by Gasteiger charge is -2.33. The molecule has 1 aromatic heterocycles. The van der Waals surface area contributed by atoms with E-state index in [-0.39, 0.29) is 10.1 Å². The molecule has 2 heterocycles. The monoisotopic (exact) mass is 444 g/mol. The summed E-state index contributed by atoms with van der Waals surface area (Å²) in [4.78, 5) is 15.3. The lowest BCUT2D eigenvalue weighted by molar-refractivity contribution is -0.131. The van der Waals surface area contributed by atoms with Crippen molar-refractivity contribution < 1.29 is 13.2 Å². The smallest absolute Gasteiger partial charge is 0.252 e. The van der Waals surface area contributed by atoms with Crippen LogP contribution >= 0.6 is 34.7 Å². The lowest BCUT2D eigenvalue weighted by Crippen LogP contribution is -2.50. The zero-order valence-corrected chi connectivity index (χ0v) is 18.1. The number of sulfonamides is 1. The van der Waals surface area contributed by atoms with E-state index in [4.69, 9.17) is 11.6 Å². The second-order valence-electron chi connectivity index (χ2n) is 6.25. The van der Waals surface area contributed by atoms with Crippen LogP contribution in [-0.2, 0) is 14.8 Å². The summed E-state index contributed by atoms with van der Waals surface area (Å²) in [6.45, 7) is 3.52. The molecule has 2 aromatic rings. The van der Waals surface area contributed by atoms with Gasteiger partial charge in [0.25, 0.3) is 10.0 Å². The van der Waals surface area contributed by atoms with Crippen LogP contribution in [0.5, 0.6) is 0 Å². The Labute approximate surface area is 173 Å². The first kappa shape index (κ1) is 20.7. The van der Waals surface area contributed by atoms with Crippen molar-refractivity contribution >= 4 is 50.6 Å². The molecule has 146 valence electrons. The van der Waals surface area contributed by atoms with Crippen LogP contribution in [0, 0.1) is 6.92 Å². The molecule has 27 heavy (non-hydrogen) atoms. The Balaban J connectivity index is 1.47. The number of nitrogens with zero attached hydrogens (tertiary/aromatic N) is 2. The minimum absolute atomic E-state index is 0.0748. The van der Waals surface area contributed by atoms with Crippen LogP contribution in [0.2, 0.25) is 4.34 Å². The van der Waals surface area contributed by atoms with Crippen LogP contribution in [0.4, 0.5) is 0 Å². The Hall–Kier alpha value is -1.06. The molecule has 0 saturated carbocycles. The fourth-order valence-corrected chi connectivity index (χ4v) is 6.69. The summed E-state index contributed by atoms with van der Waals surface area (Å²) >= 11 is 8.57. The Morgan fingerprint density at radius 3 is 2.37 bits per heavy atom. The zero-order chi connectivity index (χ0) is 19.4. The number of rotatable bonds is 6. The fraction of sp³-hybridized carbons (Fsp3) is 0.389. The second-order valence-corrected chi connectivity index (χ2v) is 11.3. The van der Waals surface area contributed by atoms with Gasteiger partial charge in [0.1, 0.15) is 4.21 Å². The molecule has 0 spiro atoms. The van der Waals surface area contributed by atoms with Crippen molar-refractivity contribution in [3.8, 4) is 0 Å². The predicted molar refractivity (Wildman–Crippen MR) is 111 cm³/mol. The van der Waals surface area contributed by atoms with Gasteiger partial charge in [0.05, 0.1) is 4.34 Å². The van der Waals surface area contributed by atoms with Crippen molar-refractivity contribution in [2.45, 2.75) is 22.4 Å². The number of piperazine rings is 1. The largest absolute Gasteiger partial charge is 0.340 e. The molecule has 0 aliphatic carbocycles. The van der Waals surface area contributed by atoms with Gasteiger partial charge in [-0.1, -0.05) is 29.3 Å². The van der Waals surface area contributed by atoms with E-state index >= 15 is 0 Å². The number of carbonyl (C=O) groups is 1. The van der Waals surface area contributed by atoms with E-state index < -0.39 is 10.0 Å². The van der Waals surface area contributed by atoms with E-state index in [1.54, 1.807) is 22.7 Å². The molecular weight excluding hydrogens is 424 g/mol. The maximum atomic E-state index is 12.6. The first-order chi connectivity index (χ1) is 12.9. The van der Waals surface area contributed by atoms with E-state index in [0.717, 1.165) is 16.2 Å². The van der Waals surface area contributed by atoms with Crippen LogP contribution in [0.3, 0.4) is 0 Å². The Kier molecular flexibility index (Phi) is 6.86. The van der Waals surface area contributed by atoms with Gasteiger partial charge < -0.3 is 4.90 Å². The molecule has 1 fully saturated rings. The number of benzene rings is 1. The van der Waals surface area contributed by atoms with Gasteiger partial charge in [-0.05, 0) is 31.2 Å². The molecule has 1 saturated heterocycles. The van der Waals surface area contributed by atoms with Crippen molar-refractivity contribution in [2.75, 3.05) is 31.9 Å². The van der Waals surface area contributed by atoms with Crippen LogP contribution in [-0.4, -0.2) is 55.5 Å². The average Bonchev–Trinajstić information content (AvgIpc) is 3.10. The number of carbonyl (C=O) groups excluding carboxylic acids is 1. The van der Waals surface area contributed by atoms with Crippen LogP contribution in [0.15, 0.2) is 45.5 Å². The standard InChI is InChI=1S/C18H21ClN2O3S3/c1-14-2-4-15(5-3-14)25-13-8-17(22)20-9-11-21(12-10-20)27(23,24)18-7-6-16(19)26-18/h2-7H,8-13H2,1H3. The average molecular weight is 445 g/mol. The van der Waals surface area contributed by atoms with Crippen molar-refractivity contribution in [3.63, 3.8) is 0 Å². The summed E-state index contributed by atoms with van der Waals surface area (Å²) in [6.07, 6.45) is 0.450. The summed E-state index contributed by atoms with van der Waals surface area (Å²) < 4.78 is 27.3. The highest BCUT2D eigenvalue weighted by Gasteiger charge is 2.30. The van der Waals surface area contributed by atoms with Gasteiger partial charge in [-0.3, -0.25) is 4.79 Å². The SMILES string of the molecule is Cc1ccc(SCCC(=O)N2CCN(S(=O)(=O)c3ccc(Cl)s3)CC2)cc1. The number of thiophene rings is 1. The minimum Gasteiger partial charge on any atom is -0.340 e. The van der Waals surface area contributed by atoms with Crippen LogP contribution < -0.4 is 0 Å². The number of thioether (sulfide) groups is 1. The topological polar surface area (TPSA) is 57.7 Å². The Morgan fingerprint density at radius 1 is 1.11 bits per heavy atom. The number of amides is 1. The first-order valence-electron chi connectivity index (χ1n) is 8.59. The van der Waals surface area contributed by atoms with Gasteiger partial charge >= 0.3 is 0 Å². The third kappa shape index (κ3) is 5.26. The van der Waals surface area contributed by atoms with Gasteiger partial charge in [0.2, 0.25) is 5.91 Å². The third-order valence-corrected chi connectivity index (χ3v) is 8.95. The molecule has 0 N–H and O–H groups in total. The molecule has 3 rings (SSSR count). The summed E-state index contributed by atoms with van der Waals surface area (Å²) in [5.74, 6) is 0.791. The maximum Gasteiger partial charge on any atom is 0.252 e. The summed E-state index contributed by atoms with van der Waals surface area (Å²) in [7, 11) is -3.52. The van der Waals surface area contributed by atoms with Crippen molar-refractivity contribution in [2.24, 2.45) is 0 Å². The van der Waals surface area contributed by atoms with E-state index in [2.05, 4.69) is 24.3 Å². The molecular formula is C18H21ClN2O3S3. The Morgan fingerprint density at radius 2 is 1.78 bits per heavy atom. The number of halogens is 1. The summed E-state index contributed by atoms with van der Waals surface area (Å²) in [5.41, 5.74) is 1.22. The molecule has 1 aliphatic rings. The zero-order valence-electron chi connectivity index (χ0n) is 14.9. The van der Waals surface area contributed by atoms with Crippen LogP contribution in [0.25, 0.3) is 0 Å². The quantitative estimate of drug-likeness (QED) is 0.637. The first-order valence-corrected chi connectivity index (χ1v) is 12.2. The molecule has 0 unspecified atom stereocenters. The molecule has 1 aromatic carbocycles. The molecule has 0 bridgehead atoms. The molecule has 9 heteroatoms.